The van der Waals surface area contributed by atoms with Crippen LogP contribution in [0.2, 0.25) is 0 Å². The zero-order chi connectivity index (χ0) is 15.6. The highest BCUT2D eigenvalue weighted by molar-refractivity contribution is 5.86. The van der Waals surface area contributed by atoms with E-state index in [-0.39, 0.29) is 11.2 Å². The average Bonchev–Trinajstić information content (AvgIpc) is 2.84. The fourth-order valence-electron chi connectivity index (χ4n) is 2.22. The van der Waals surface area contributed by atoms with E-state index in [0.717, 1.165) is 11.1 Å². The van der Waals surface area contributed by atoms with Crippen molar-refractivity contribution in [2.24, 2.45) is 12.8 Å². The van der Waals surface area contributed by atoms with Gasteiger partial charge in [0, 0.05) is 25.2 Å². The highest BCUT2D eigenvalue weighted by Gasteiger charge is 2.18. The van der Waals surface area contributed by atoms with Crippen LogP contribution in [-0.4, -0.2) is 15.6 Å². The number of Topliss-reactive ketones (excluding diaryl/α,β-unsaturated/α-hetero) is 1. The van der Waals surface area contributed by atoms with Crippen molar-refractivity contribution in [1.82, 2.24) is 9.78 Å². The van der Waals surface area contributed by atoms with Crippen LogP contribution in [0.1, 0.15) is 43.5 Å². The molecular weight excluding hydrogens is 262 g/mol. The van der Waals surface area contributed by atoms with E-state index in [4.69, 9.17) is 5.73 Å². The number of hydrogen-bond donors (Lipinski definition) is 1. The lowest BCUT2D eigenvalue weighted by molar-refractivity contribution is -0.119. The van der Waals surface area contributed by atoms with Crippen LogP contribution in [0, 0.1) is 0 Å². The fourth-order valence-corrected chi connectivity index (χ4v) is 2.22. The fraction of sp³-hybridized carbons (Fsp3) is 0.412. The van der Waals surface area contributed by atoms with E-state index < -0.39 is 6.04 Å². The molecular formula is C17H23N3O. The summed E-state index contributed by atoms with van der Waals surface area (Å²) in [6.07, 6.45) is 3.77. The van der Waals surface area contributed by atoms with Crippen molar-refractivity contribution in [3.05, 3.63) is 53.3 Å². The van der Waals surface area contributed by atoms with Gasteiger partial charge in [0.25, 0.3) is 0 Å². The van der Waals surface area contributed by atoms with Crippen LogP contribution >= 0.6 is 0 Å². The maximum Gasteiger partial charge on any atom is 0.158 e. The second-order valence-electron chi connectivity index (χ2n) is 6.52. The van der Waals surface area contributed by atoms with Crippen molar-refractivity contribution in [3.63, 3.8) is 0 Å². The van der Waals surface area contributed by atoms with Crippen molar-refractivity contribution in [2.75, 3.05) is 0 Å². The van der Waals surface area contributed by atoms with Crippen molar-refractivity contribution in [1.29, 1.82) is 0 Å². The van der Waals surface area contributed by atoms with E-state index in [1.807, 2.05) is 19.2 Å². The third-order valence-corrected chi connectivity index (χ3v) is 3.63. The van der Waals surface area contributed by atoms with Crippen LogP contribution in [-0.2, 0) is 23.7 Å². The molecule has 0 amide bonds. The van der Waals surface area contributed by atoms with Gasteiger partial charge in [-0.05, 0) is 16.5 Å². The van der Waals surface area contributed by atoms with E-state index >= 15 is 0 Å². The molecule has 0 saturated heterocycles. The van der Waals surface area contributed by atoms with Gasteiger partial charge >= 0.3 is 0 Å². The summed E-state index contributed by atoms with van der Waals surface area (Å²) in [5.41, 5.74) is 9.13. The van der Waals surface area contributed by atoms with Gasteiger partial charge in [-0.2, -0.15) is 5.10 Å². The number of benzene rings is 1. The summed E-state index contributed by atoms with van der Waals surface area (Å²) in [5.74, 6) is 0.00603. The molecule has 2 aromatic rings. The molecule has 1 heterocycles. The topological polar surface area (TPSA) is 60.9 Å². The Morgan fingerprint density at radius 2 is 1.90 bits per heavy atom. The van der Waals surface area contributed by atoms with Gasteiger partial charge in [0.2, 0.25) is 0 Å². The molecule has 0 aliphatic heterocycles. The number of carbonyl (C=O) groups is 1. The van der Waals surface area contributed by atoms with Gasteiger partial charge < -0.3 is 5.73 Å². The van der Waals surface area contributed by atoms with E-state index in [9.17, 15) is 4.79 Å². The third-order valence-electron chi connectivity index (χ3n) is 3.63. The zero-order valence-electron chi connectivity index (χ0n) is 13.1. The van der Waals surface area contributed by atoms with Crippen molar-refractivity contribution >= 4 is 5.78 Å². The Labute approximate surface area is 126 Å². The van der Waals surface area contributed by atoms with Crippen LogP contribution in [0.15, 0.2) is 36.7 Å². The van der Waals surface area contributed by atoms with Crippen molar-refractivity contribution in [3.8, 4) is 0 Å². The maximum atomic E-state index is 12.2. The Hall–Kier alpha value is -1.94. The molecule has 4 nitrogen and oxygen atoms in total. The number of ketones is 1. The Morgan fingerprint density at radius 3 is 2.38 bits per heavy atom. The first-order chi connectivity index (χ1) is 9.77. The lowest BCUT2D eigenvalue weighted by atomic mass is 9.86. The molecule has 0 aliphatic carbocycles. The van der Waals surface area contributed by atoms with Crippen LogP contribution in [0.3, 0.4) is 0 Å². The summed E-state index contributed by atoms with van der Waals surface area (Å²) in [6, 6.07) is 7.57. The number of nitrogens with zero attached hydrogens (tertiary/aromatic N) is 2. The lowest BCUT2D eigenvalue weighted by Gasteiger charge is -2.19. The predicted molar refractivity (Wildman–Crippen MR) is 84.0 cm³/mol. The Bertz CT molecular complexity index is 620. The van der Waals surface area contributed by atoms with Gasteiger partial charge in [-0.25, -0.2) is 0 Å². The third kappa shape index (κ3) is 3.79. The van der Waals surface area contributed by atoms with Crippen LogP contribution in [0.5, 0.6) is 0 Å². The lowest BCUT2D eigenvalue weighted by Crippen LogP contribution is -2.22. The Morgan fingerprint density at radius 1 is 1.29 bits per heavy atom. The number of carbonyl (C=O) groups excluding carboxylic acids is 1. The number of rotatable bonds is 4. The first-order valence-corrected chi connectivity index (χ1v) is 7.13. The Balaban J connectivity index is 2.06. The molecule has 0 aliphatic rings. The largest absolute Gasteiger partial charge is 0.318 e. The van der Waals surface area contributed by atoms with E-state index in [1.165, 1.54) is 5.56 Å². The summed E-state index contributed by atoms with van der Waals surface area (Å²) in [6.45, 7) is 6.52. The van der Waals surface area contributed by atoms with E-state index in [0.29, 0.717) is 6.42 Å². The average molecular weight is 285 g/mol. The van der Waals surface area contributed by atoms with E-state index in [2.05, 4.69) is 38.0 Å². The van der Waals surface area contributed by atoms with Crippen LogP contribution < -0.4 is 5.73 Å². The molecule has 2 rings (SSSR count). The molecule has 1 aromatic carbocycles. The number of nitrogens with two attached hydrogens (primary N) is 1. The monoisotopic (exact) mass is 285 g/mol. The van der Waals surface area contributed by atoms with Crippen molar-refractivity contribution < 1.29 is 4.79 Å². The maximum absolute atomic E-state index is 12.2. The first-order valence-electron chi connectivity index (χ1n) is 7.13. The summed E-state index contributed by atoms with van der Waals surface area (Å²) in [7, 11) is 1.81. The van der Waals surface area contributed by atoms with Gasteiger partial charge in [0.05, 0.1) is 12.2 Å². The molecule has 0 bridgehead atoms. The van der Waals surface area contributed by atoms with Gasteiger partial charge in [-0.3, -0.25) is 9.48 Å². The highest BCUT2D eigenvalue weighted by Crippen LogP contribution is 2.22. The highest BCUT2D eigenvalue weighted by atomic mass is 16.1. The van der Waals surface area contributed by atoms with Gasteiger partial charge in [-0.1, -0.05) is 45.0 Å². The molecule has 0 spiro atoms. The van der Waals surface area contributed by atoms with Gasteiger partial charge in [-0.15, -0.1) is 0 Å². The molecule has 1 unspecified atom stereocenters. The number of hydrogen-bond acceptors (Lipinski definition) is 3. The Kier molecular flexibility index (Phi) is 4.28. The summed E-state index contributed by atoms with van der Waals surface area (Å²) in [5, 5.41) is 4.05. The molecule has 0 fully saturated rings. The predicted octanol–water partition coefficient (Wildman–Crippen LogP) is 2.53. The minimum atomic E-state index is -0.610. The second-order valence-corrected chi connectivity index (χ2v) is 6.52. The molecule has 1 atom stereocenters. The van der Waals surface area contributed by atoms with E-state index in [1.54, 1.807) is 17.1 Å². The summed E-state index contributed by atoms with van der Waals surface area (Å²) < 4.78 is 1.65. The minimum Gasteiger partial charge on any atom is -0.318 e. The van der Waals surface area contributed by atoms with Crippen LogP contribution in [0.25, 0.3) is 0 Å². The SMILES string of the molecule is Cn1cc(C(N)C(=O)Cc2ccc(C(C)(C)C)cc2)cn1. The number of aryl methyl sites for hydroxylation is 1. The van der Waals surface area contributed by atoms with Gasteiger partial charge in [0.15, 0.2) is 5.78 Å². The zero-order valence-corrected chi connectivity index (χ0v) is 13.1. The number of aromatic nitrogens is 2. The molecule has 0 radical (unpaired) electrons. The second kappa shape index (κ2) is 5.82. The molecule has 112 valence electrons. The quantitative estimate of drug-likeness (QED) is 0.939. The smallest absolute Gasteiger partial charge is 0.158 e. The van der Waals surface area contributed by atoms with Crippen molar-refractivity contribution in [2.45, 2.75) is 38.6 Å². The molecule has 21 heavy (non-hydrogen) atoms. The molecule has 0 saturated carbocycles. The standard InChI is InChI=1S/C17H23N3O/c1-17(2,3)14-7-5-12(6-8-14)9-15(21)16(18)13-10-19-20(4)11-13/h5-8,10-11,16H,9,18H2,1-4H3. The first kappa shape index (κ1) is 15.4. The van der Waals surface area contributed by atoms with Crippen LogP contribution in [0.4, 0.5) is 0 Å². The molecule has 2 N–H and O–H groups in total. The molecule has 1 aromatic heterocycles. The normalized spacial score (nSPS) is 13.2. The summed E-state index contributed by atoms with van der Waals surface area (Å²) in [4.78, 5) is 12.2. The molecule has 4 heteroatoms. The summed E-state index contributed by atoms with van der Waals surface area (Å²) >= 11 is 0. The minimum absolute atomic E-state index is 0.00603. The van der Waals surface area contributed by atoms with Gasteiger partial charge in [0.1, 0.15) is 0 Å².